The minimum atomic E-state index is -0.334. The number of carbonyl (C=O) groups is 2. The highest BCUT2D eigenvalue weighted by molar-refractivity contribution is 6.30. The number of rotatable bonds is 3. The summed E-state index contributed by atoms with van der Waals surface area (Å²) < 4.78 is 2.25. The Bertz CT molecular complexity index is 1500. The van der Waals surface area contributed by atoms with Crippen molar-refractivity contribution in [3.8, 4) is 0 Å². The molecule has 0 fully saturated rings. The highest BCUT2D eigenvalue weighted by atomic mass is 35.5. The van der Waals surface area contributed by atoms with Crippen LogP contribution in [0.3, 0.4) is 0 Å². The number of hydrogen-bond acceptors (Lipinski definition) is 3. The number of benzene rings is 2. The van der Waals surface area contributed by atoms with Crippen LogP contribution < -0.4 is 0 Å². The van der Waals surface area contributed by atoms with Gasteiger partial charge in [-0.3, -0.25) is 9.59 Å². The number of para-hydroxylation sites is 1. The van der Waals surface area contributed by atoms with Crippen LogP contribution in [0.25, 0.3) is 10.9 Å². The lowest BCUT2D eigenvalue weighted by atomic mass is 9.64. The Hall–Kier alpha value is -3.11. The van der Waals surface area contributed by atoms with E-state index in [0.29, 0.717) is 19.4 Å². The zero-order valence-corrected chi connectivity index (χ0v) is 23.7. The molecule has 0 saturated heterocycles. The van der Waals surface area contributed by atoms with Crippen LogP contribution in [0.1, 0.15) is 70.4 Å². The standard InChI is InChI=1S/C33H35ClN2O2/c1-32(2)14-25-30(27(37)16-32)29(31-26(35(25)5)15-33(3,4)17-28(31)38)23-19-36(24-9-7-6-8-22(23)24)18-20-10-12-21(34)13-11-20/h6-13,19,29H,14-18H2,1-5H3. The average Bonchev–Trinajstić information content (AvgIpc) is 3.19. The predicted octanol–water partition coefficient (Wildman–Crippen LogP) is 7.66. The maximum absolute atomic E-state index is 13.9. The van der Waals surface area contributed by atoms with E-state index in [-0.39, 0.29) is 28.3 Å². The van der Waals surface area contributed by atoms with Crippen molar-refractivity contribution in [2.45, 2.75) is 65.8 Å². The molecule has 0 spiro atoms. The van der Waals surface area contributed by atoms with Gasteiger partial charge in [0.2, 0.25) is 0 Å². The maximum Gasteiger partial charge on any atom is 0.162 e. The minimum absolute atomic E-state index is 0.108. The van der Waals surface area contributed by atoms with Crippen LogP contribution in [0.4, 0.5) is 0 Å². The highest BCUT2D eigenvalue weighted by Crippen LogP contribution is 2.54. The van der Waals surface area contributed by atoms with Crippen molar-refractivity contribution in [1.29, 1.82) is 0 Å². The zero-order valence-electron chi connectivity index (χ0n) is 22.9. The molecule has 38 heavy (non-hydrogen) atoms. The Kier molecular flexibility index (Phi) is 5.77. The van der Waals surface area contributed by atoms with Crippen molar-refractivity contribution in [3.63, 3.8) is 0 Å². The van der Waals surface area contributed by atoms with Crippen LogP contribution >= 0.6 is 11.6 Å². The van der Waals surface area contributed by atoms with E-state index in [2.05, 4.69) is 74.7 Å². The fourth-order valence-corrected chi connectivity index (χ4v) is 7.02. The zero-order chi connectivity index (χ0) is 27.0. The average molecular weight is 527 g/mol. The number of hydrogen-bond donors (Lipinski definition) is 0. The van der Waals surface area contributed by atoms with Crippen LogP contribution in [0.15, 0.2) is 77.3 Å². The lowest BCUT2D eigenvalue weighted by molar-refractivity contribution is -0.119. The molecule has 3 aliphatic rings. The highest BCUT2D eigenvalue weighted by Gasteiger charge is 2.48. The van der Waals surface area contributed by atoms with E-state index in [0.717, 1.165) is 62.4 Å². The van der Waals surface area contributed by atoms with Gasteiger partial charge < -0.3 is 9.47 Å². The molecular weight excluding hydrogens is 492 g/mol. The van der Waals surface area contributed by atoms with Crippen molar-refractivity contribution in [3.05, 3.63) is 93.4 Å². The molecule has 0 unspecified atom stereocenters. The molecule has 0 amide bonds. The first-order valence-corrected chi connectivity index (χ1v) is 13.9. The molecule has 3 aromatic rings. The van der Waals surface area contributed by atoms with E-state index in [1.165, 1.54) is 0 Å². The Labute approximate surface area is 230 Å². The second-order valence-electron chi connectivity index (χ2n) is 13.0. The van der Waals surface area contributed by atoms with Gasteiger partial charge in [-0.2, -0.15) is 0 Å². The van der Waals surface area contributed by atoms with Crippen LogP contribution in [0.2, 0.25) is 5.02 Å². The molecule has 4 nitrogen and oxygen atoms in total. The van der Waals surface area contributed by atoms with Crippen molar-refractivity contribution in [1.82, 2.24) is 9.47 Å². The van der Waals surface area contributed by atoms with E-state index in [1.54, 1.807) is 0 Å². The van der Waals surface area contributed by atoms with Gasteiger partial charge in [0, 0.05) is 77.0 Å². The van der Waals surface area contributed by atoms with Gasteiger partial charge in [-0.05, 0) is 53.0 Å². The second-order valence-corrected chi connectivity index (χ2v) is 13.4. The summed E-state index contributed by atoms with van der Waals surface area (Å²) in [4.78, 5) is 30.0. The van der Waals surface area contributed by atoms with Gasteiger partial charge in [0.05, 0.1) is 0 Å². The summed E-state index contributed by atoms with van der Waals surface area (Å²) in [5, 5.41) is 1.82. The molecule has 0 saturated carbocycles. The first-order chi connectivity index (χ1) is 17.9. The summed E-state index contributed by atoms with van der Waals surface area (Å²) >= 11 is 6.14. The fraction of sp³-hybridized carbons (Fsp3) is 0.394. The van der Waals surface area contributed by atoms with Crippen LogP contribution in [0.5, 0.6) is 0 Å². The monoisotopic (exact) mass is 526 g/mol. The van der Waals surface area contributed by atoms with Gasteiger partial charge in [-0.15, -0.1) is 0 Å². The van der Waals surface area contributed by atoms with Crippen molar-refractivity contribution in [2.24, 2.45) is 10.8 Å². The Morgan fingerprint density at radius 2 is 1.37 bits per heavy atom. The number of aromatic nitrogens is 1. The summed E-state index contributed by atoms with van der Waals surface area (Å²) in [7, 11) is 2.06. The third-order valence-corrected chi connectivity index (χ3v) is 8.83. The summed E-state index contributed by atoms with van der Waals surface area (Å²) in [6.07, 6.45) is 4.85. The molecule has 2 heterocycles. The quantitative estimate of drug-likeness (QED) is 0.352. The number of carbonyl (C=O) groups excluding carboxylic acids is 2. The minimum Gasteiger partial charge on any atom is -0.351 e. The largest absolute Gasteiger partial charge is 0.351 e. The van der Waals surface area contributed by atoms with E-state index in [9.17, 15) is 9.59 Å². The molecule has 2 aromatic carbocycles. The van der Waals surface area contributed by atoms with Gasteiger partial charge in [0.1, 0.15) is 0 Å². The number of allylic oxidation sites excluding steroid dienone is 4. The Morgan fingerprint density at radius 1 is 0.816 bits per heavy atom. The van der Waals surface area contributed by atoms with Crippen molar-refractivity contribution in [2.75, 3.05) is 7.05 Å². The number of nitrogens with zero attached hydrogens (tertiary/aromatic N) is 2. The Balaban J connectivity index is 1.58. The van der Waals surface area contributed by atoms with Crippen LogP contribution in [-0.2, 0) is 16.1 Å². The van der Waals surface area contributed by atoms with Gasteiger partial charge in [-0.25, -0.2) is 0 Å². The molecule has 0 radical (unpaired) electrons. The van der Waals surface area contributed by atoms with Gasteiger partial charge in [0.15, 0.2) is 11.6 Å². The number of fused-ring (bicyclic) bond motifs is 1. The SMILES string of the molecule is CN1C2=C(C(=O)CC(C)(C)C2)C(c2cn(Cc3ccc(Cl)cc3)c3ccccc23)C2=C1CC(C)(C)CC2=O. The van der Waals surface area contributed by atoms with Gasteiger partial charge in [0.25, 0.3) is 0 Å². The van der Waals surface area contributed by atoms with E-state index >= 15 is 0 Å². The van der Waals surface area contributed by atoms with Crippen molar-refractivity contribution < 1.29 is 9.59 Å². The molecule has 6 rings (SSSR count). The molecule has 0 bridgehead atoms. The van der Waals surface area contributed by atoms with E-state index < -0.39 is 0 Å². The van der Waals surface area contributed by atoms with Crippen molar-refractivity contribution >= 4 is 34.1 Å². The molecule has 1 aliphatic heterocycles. The molecular formula is C33H35ClN2O2. The van der Waals surface area contributed by atoms with Gasteiger partial charge in [-0.1, -0.05) is 69.6 Å². The number of halogens is 1. The lowest BCUT2D eigenvalue weighted by Gasteiger charge is -2.47. The second kappa shape index (κ2) is 8.71. The summed E-state index contributed by atoms with van der Waals surface area (Å²) in [6, 6.07) is 16.3. The third kappa shape index (κ3) is 4.14. The normalized spacial score (nSPS) is 21.3. The molecule has 196 valence electrons. The number of Topliss-reactive ketones (excluding diaryl/α,β-unsaturated/α-hetero) is 2. The third-order valence-electron chi connectivity index (χ3n) is 8.58. The van der Waals surface area contributed by atoms with Crippen LogP contribution in [0, 0.1) is 10.8 Å². The van der Waals surface area contributed by atoms with Gasteiger partial charge >= 0.3 is 0 Å². The molecule has 1 aromatic heterocycles. The van der Waals surface area contributed by atoms with E-state index in [4.69, 9.17) is 11.6 Å². The lowest BCUT2D eigenvalue weighted by Crippen LogP contribution is -2.43. The molecule has 5 heteroatoms. The predicted molar refractivity (Wildman–Crippen MR) is 153 cm³/mol. The Morgan fingerprint density at radius 3 is 1.95 bits per heavy atom. The summed E-state index contributed by atoms with van der Waals surface area (Å²) in [5.74, 6) is 0.0124. The first kappa shape index (κ1) is 25.2. The first-order valence-electron chi connectivity index (χ1n) is 13.5. The molecule has 0 N–H and O–H groups in total. The fourth-order valence-electron chi connectivity index (χ4n) is 6.90. The summed E-state index contributed by atoms with van der Waals surface area (Å²) in [5.41, 5.74) is 6.94. The van der Waals surface area contributed by atoms with E-state index in [1.807, 2.05) is 24.3 Å². The number of ketones is 2. The topological polar surface area (TPSA) is 42.3 Å². The van der Waals surface area contributed by atoms with Crippen LogP contribution in [-0.4, -0.2) is 28.1 Å². The maximum atomic E-state index is 13.9. The molecule has 2 aliphatic carbocycles. The smallest absolute Gasteiger partial charge is 0.162 e. The summed E-state index contributed by atoms with van der Waals surface area (Å²) in [6.45, 7) is 9.39. The molecule has 0 atom stereocenters.